The second-order valence-electron chi connectivity index (χ2n) is 7.80. The second kappa shape index (κ2) is 7.58. The Kier molecular flexibility index (Phi) is 5.52. The smallest absolute Gasteiger partial charge is 0.322 e. The predicted molar refractivity (Wildman–Crippen MR) is 104 cm³/mol. The van der Waals surface area contributed by atoms with E-state index in [9.17, 15) is 18.8 Å². The molecule has 2 fully saturated rings. The van der Waals surface area contributed by atoms with Crippen LogP contribution < -0.4 is 15.5 Å². The first kappa shape index (κ1) is 20.4. The highest BCUT2D eigenvalue weighted by molar-refractivity contribution is 6.30. The van der Waals surface area contributed by atoms with Crippen LogP contribution >= 0.6 is 11.6 Å². The molecule has 3 rings (SSSR count). The highest BCUT2D eigenvalue weighted by Gasteiger charge is 2.44. The van der Waals surface area contributed by atoms with Crippen LogP contribution in [-0.4, -0.2) is 54.0 Å². The van der Waals surface area contributed by atoms with Gasteiger partial charge in [0.15, 0.2) is 0 Å². The Morgan fingerprint density at radius 3 is 2.64 bits per heavy atom. The number of rotatable bonds is 4. The van der Waals surface area contributed by atoms with Gasteiger partial charge in [0.05, 0.1) is 0 Å². The number of hydrogen-bond acceptors (Lipinski definition) is 4. The standard InChI is InChI=1S/C19H24ClFN4O3/c1-11(9-19(3)17(27)22-18(28)23-19)16(26)24-4-5-25(12(2)10-24)15-7-13(20)6-14(21)8-15/h6-8,11-12H,4-5,9-10H2,1-3H3,(H2,22,23,27,28). The molecule has 1 aromatic rings. The maximum absolute atomic E-state index is 13.7. The van der Waals surface area contributed by atoms with Crippen molar-refractivity contribution in [3.63, 3.8) is 0 Å². The maximum atomic E-state index is 13.7. The fourth-order valence-corrected chi connectivity index (χ4v) is 4.20. The van der Waals surface area contributed by atoms with Crippen LogP contribution in [0.5, 0.6) is 0 Å². The van der Waals surface area contributed by atoms with E-state index in [1.165, 1.54) is 12.1 Å². The molecule has 2 saturated heterocycles. The lowest BCUT2D eigenvalue weighted by Gasteiger charge is -2.42. The zero-order valence-corrected chi connectivity index (χ0v) is 16.8. The van der Waals surface area contributed by atoms with E-state index in [4.69, 9.17) is 11.6 Å². The van der Waals surface area contributed by atoms with Gasteiger partial charge in [0.2, 0.25) is 5.91 Å². The van der Waals surface area contributed by atoms with Crippen LogP contribution in [0.25, 0.3) is 0 Å². The first-order chi connectivity index (χ1) is 13.1. The summed E-state index contributed by atoms with van der Waals surface area (Å²) in [7, 11) is 0. The quantitative estimate of drug-likeness (QED) is 0.745. The summed E-state index contributed by atoms with van der Waals surface area (Å²) >= 11 is 5.96. The van der Waals surface area contributed by atoms with Crippen molar-refractivity contribution in [2.45, 2.75) is 38.8 Å². The minimum Gasteiger partial charge on any atom is -0.365 e. The molecule has 9 heteroatoms. The van der Waals surface area contributed by atoms with Gasteiger partial charge in [-0.1, -0.05) is 18.5 Å². The van der Waals surface area contributed by atoms with E-state index in [-0.39, 0.29) is 18.4 Å². The molecule has 0 saturated carbocycles. The Morgan fingerprint density at radius 2 is 2.07 bits per heavy atom. The van der Waals surface area contributed by atoms with E-state index in [1.807, 2.05) is 11.8 Å². The van der Waals surface area contributed by atoms with Gasteiger partial charge in [-0.15, -0.1) is 0 Å². The number of anilines is 1. The normalized spacial score (nSPS) is 26.1. The van der Waals surface area contributed by atoms with Gasteiger partial charge in [-0.2, -0.15) is 0 Å². The van der Waals surface area contributed by atoms with E-state index in [1.54, 1.807) is 24.8 Å². The van der Waals surface area contributed by atoms with Crippen LogP contribution in [0.4, 0.5) is 14.9 Å². The number of benzene rings is 1. The van der Waals surface area contributed by atoms with Gasteiger partial charge in [0.25, 0.3) is 5.91 Å². The van der Waals surface area contributed by atoms with Crippen molar-refractivity contribution in [1.29, 1.82) is 0 Å². The van der Waals surface area contributed by atoms with Gasteiger partial charge in [-0.3, -0.25) is 14.9 Å². The Bertz CT molecular complexity index is 800. The summed E-state index contributed by atoms with van der Waals surface area (Å²) < 4.78 is 13.7. The number of nitrogens with one attached hydrogen (secondary N) is 2. The van der Waals surface area contributed by atoms with E-state index < -0.39 is 29.2 Å². The summed E-state index contributed by atoms with van der Waals surface area (Å²) in [4.78, 5) is 40.1. The molecule has 0 aliphatic carbocycles. The largest absolute Gasteiger partial charge is 0.365 e. The summed E-state index contributed by atoms with van der Waals surface area (Å²) in [5.74, 6) is -1.32. The lowest BCUT2D eigenvalue weighted by atomic mass is 9.89. The van der Waals surface area contributed by atoms with Crippen LogP contribution in [-0.2, 0) is 9.59 Å². The number of amides is 4. The summed E-state index contributed by atoms with van der Waals surface area (Å²) in [6.07, 6.45) is 0.220. The number of carbonyl (C=O) groups excluding carboxylic acids is 3. The molecule has 28 heavy (non-hydrogen) atoms. The van der Waals surface area contributed by atoms with E-state index >= 15 is 0 Å². The molecule has 0 bridgehead atoms. The average Bonchev–Trinajstić information content (AvgIpc) is 2.84. The van der Waals surface area contributed by atoms with Crippen molar-refractivity contribution in [3.05, 3.63) is 29.0 Å². The lowest BCUT2D eigenvalue weighted by molar-refractivity contribution is -0.137. The zero-order valence-electron chi connectivity index (χ0n) is 16.1. The van der Waals surface area contributed by atoms with Crippen LogP contribution in [0.2, 0.25) is 5.02 Å². The van der Waals surface area contributed by atoms with Gasteiger partial charge < -0.3 is 15.1 Å². The second-order valence-corrected chi connectivity index (χ2v) is 8.24. The van der Waals surface area contributed by atoms with Gasteiger partial charge in [-0.05, 0) is 38.5 Å². The number of urea groups is 1. The molecule has 2 aliphatic heterocycles. The van der Waals surface area contributed by atoms with E-state index in [0.29, 0.717) is 30.3 Å². The zero-order chi connectivity index (χ0) is 20.6. The number of carbonyl (C=O) groups is 3. The number of imide groups is 1. The van der Waals surface area contributed by atoms with Crippen molar-refractivity contribution in [2.75, 3.05) is 24.5 Å². The Balaban J connectivity index is 1.63. The first-order valence-electron chi connectivity index (χ1n) is 9.24. The van der Waals surface area contributed by atoms with Crippen molar-refractivity contribution < 1.29 is 18.8 Å². The summed E-state index contributed by atoms with van der Waals surface area (Å²) in [5, 5.41) is 5.13. The molecule has 0 radical (unpaired) electrons. The minimum atomic E-state index is -1.09. The molecule has 2 aliphatic rings. The number of nitrogens with zero attached hydrogens (tertiary/aromatic N) is 2. The highest BCUT2D eigenvalue weighted by atomic mass is 35.5. The van der Waals surface area contributed by atoms with Crippen LogP contribution in [0, 0.1) is 11.7 Å². The summed E-state index contributed by atoms with van der Waals surface area (Å²) in [5.41, 5.74) is -0.395. The topological polar surface area (TPSA) is 81.8 Å². The summed E-state index contributed by atoms with van der Waals surface area (Å²) in [6.45, 7) is 6.85. The average molecular weight is 411 g/mol. The molecule has 0 aromatic heterocycles. The fraction of sp³-hybridized carbons (Fsp3) is 0.526. The first-order valence-corrected chi connectivity index (χ1v) is 9.62. The number of halogens is 2. The third-order valence-corrected chi connectivity index (χ3v) is 5.59. The van der Waals surface area contributed by atoms with Gasteiger partial charge in [-0.25, -0.2) is 9.18 Å². The van der Waals surface area contributed by atoms with Crippen molar-refractivity contribution in [1.82, 2.24) is 15.5 Å². The predicted octanol–water partition coefficient (Wildman–Crippen LogP) is 2.14. The number of piperazine rings is 1. The van der Waals surface area contributed by atoms with Crippen LogP contribution in [0.1, 0.15) is 27.2 Å². The molecule has 2 N–H and O–H groups in total. The van der Waals surface area contributed by atoms with Gasteiger partial charge >= 0.3 is 6.03 Å². The van der Waals surface area contributed by atoms with Crippen molar-refractivity contribution in [3.8, 4) is 0 Å². The molecule has 0 spiro atoms. The summed E-state index contributed by atoms with van der Waals surface area (Å²) in [6, 6.07) is 3.85. The van der Waals surface area contributed by atoms with Crippen molar-refractivity contribution >= 4 is 35.1 Å². The Morgan fingerprint density at radius 1 is 1.36 bits per heavy atom. The third kappa shape index (κ3) is 4.06. The minimum absolute atomic E-state index is 0.0205. The molecule has 2 heterocycles. The lowest BCUT2D eigenvalue weighted by Crippen LogP contribution is -2.55. The molecule has 4 amide bonds. The maximum Gasteiger partial charge on any atom is 0.322 e. The number of hydrogen-bond donors (Lipinski definition) is 2. The van der Waals surface area contributed by atoms with E-state index in [2.05, 4.69) is 10.6 Å². The molecule has 7 nitrogen and oxygen atoms in total. The molecule has 3 unspecified atom stereocenters. The van der Waals surface area contributed by atoms with Crippen LogP contribution in [0.3, 0.4) is 0 Å². The monoisotopic (exact) mass is 410 g/mol. The van der Waals surface area contributed by atoms with Gasteiger partial charge in [0, 0.05) is 42.3 Å². The molecule has 152 valence electrons. The molecule has 3 atom stereocenters. The third-order valence-electron chi connectivity index (χ3n) is 5.37. The SMILES string of the molecule is CC(CC1(C)NC(=O)NC1=O)C(=O)N1CCN(c2cc(F)cc(Cl)c2)C(C)C1. The van der Waals surface area contributed by atoms with Crippen molar-refractivity contribution in [2.24, 2.45) is 5.92 Å². The molecular weight excluding hydrogens is 387 g/mol. The Hall–Kier alpha value is -2.35. The van der Waals surface area contributed by atoms with Gasteiger partial charge in [0.1, 0.15) is 11.4 Å². The fourth-order valence-electron chi connectivity index (χ4n) is 3.98. The molecular formula is C19H24ClFN4O3. The Labute approximate surface area is 168 Å². The highest BCUT2D eigenvalue weighted by Crippen LogP contribution is 2.27. The van der Waals surface area contributed by atoms with Crippen LogP contribution in [0.15, 0.2) is 18.2 Å². The van der Waals surface area contributed by atoms with E-state index in [0.717, 1.165) is 0 Å². The molecule has 1 aromatic carbocycles.